The quantitative estimate of drug-likeness (QED) is 0.906. The van der Waals surface area contributed by atoms with E-state index in [-0.39, 0.29) is 24.4 Å². The molecule has 0 atom stereocenters. The first-order chi connectivity index (χ1) is 10.4. The topological polar surface area (TPSA) is 64.3 Å². The van der Waals surface area contributed by atoms with E-state index >= 15 is 0 Å². The second-order valence-corrected chi connectivity index (χ2v) is 5.95. The van der Waals surface area contributed by atoms with Crippen LogP contribution >= 0.6 is 12.4 Å². The number of nitrogens with zero attached hydrogens (tertiary/aromatic N) is 3. The van der Waals surface area contributed by atoms with Crippen LogP contribution < -0.4 is 10.6 Å². The molecule has 0 aromatic carbocycles. The zero-order valence-corrected chi connectivity index (χ0v) is 13.3. The van der Waals surface area contributed by atoms with E-state index in [2.05, 4.69) is 19.6 Å². The number of piperidine rings is 1. The molecule has 5 nitrogen and oxygen atoms in total. The number of rotatable bonds is 3. The molecular formula is C14H20ClF3N4O. The van der Waals surface area contributed by atoms with Gasteiger partial charge in [-0.1, -0.05) is 0 Å². The maximum Gasteiger partial charge on any atom is 0.522 e. The summed E-state index contributed by atoms with van der Waals surface area (Å²) in [6, 6.07) is 2.08. The first kappa shape index (κ1) is 18.2. The van der Waals surface area contributed by atoms with Gasteiger partial charge in [0, 0.05) is 31.2 Å². The Morgan fingerprint density at radius 2 is 1.87 bits per heavy atom. The fourth-order valence-electron chi connectivity index (χ4n) is 2.93. The van der Waals surface area contributed by atoms with Gasteiger partial charge < -0.3 is 10.6 Å². The van der Waals surface area contributed by atoms with Crippen LogP contribution in [0.2, 0.25) is 0 Å². The molecule has 0 amide bonds. The van der Waals surface area contributed by atoms with Crippen molar-refractivity contribution in [1.29, 1.82) is 0 Å². The summed E-state index contributed by atoms with van der Waals surface area (Å²) in [6.07, 6.45) is -1.20. The minimum atomic E-state index is -4.56. The molecule has 2 aliphatic rings. The van der Waals surface area contributed by atoms with Gasteiger partial charge in [0.25, 0.3) is 0 Å². The molecule has 2 N–H and O–H groups in total. The number of aromatic nitrogens is 2. The van der Waals surface area contributed by atoms with E-state index in [1.165, 1.54) is 0 Å². The highest BCUT2D eigenvalue weighted by Crippen LogP contribution is 2.40. The Hall–Kier alpha value is -1.12. The molecule has 1 aliphatic heterocycles. The first-order valence-electron chi connectivity index (χ1n) is 7.49. The molecule has 2 heterocycles. The smallest absolute Gasteiger partial charge is 0.356 e. The lowest BCUT2D eigenvalue weighted by molar-refractivity contribution is -0.352. The summed E-state index contributed by atoms with van der Waals surface area (Å²) < 4.78 is 40.4. The number of alkyl halides is 3. The lowest BCUT2D eigenvalue weighted by Crippen LogP contribution is -2.40. The first-order valence-corrected chi connectivity index (χ1v) is 7.49. The zero-order valence-electron chi connectivity index (χ0n) is 12.5. The molecule has 1 saturated carbocycles. The highest BCUT2D eigenvalue weighted by molar-refractivity contribution is 5.85. The SMILES string of the molecule is Cl.NC1CCN(c2ccnc(C3CC(OC(F)(F)F)C3)n2)CC1. The predicted molar refractivity (Wildman–Crippen MR) is 81.6 cm³/mol. The van der Waals surface area contributed by atoms with E-state index in [0.717, 1.165) is 31.7 Å². The Labute approximate surface area is 138 Å². The van der Waals surface area contributed by atoms with Crippen LogP contribution in [0.4, 0.5) is 19.0 Å². The van der Waals surface area contributed by atoms with E-state index in [9.17, 15) is 13.2 Å². The molecule has 23 heavy (non-hydrogen) atoms. The number of hydrogen-bond donors (Lipinski definition) is 1. The number of nitrogens with two attached hydrogens (primary N) is 1. The number of hydrogen-bond acceptors (Lipinski definition) is 5. The molecule has 0 bridgehead atoms. The van der Waals surface area contributed by atoms with E-state index in [1.807, 2.05) is 6.07 Å². The standard InChI is InChI=1S/C14H19F3N4O.ClH/c15-14(16,17)22-11-7-9(8-11)13-19-4-1-12(20-13)21-5-2-10(18)3-6-21;/h1,4,9-11H,2-3,5-8,18H2;1H. The van der Waals surface area contributed by atoms with Gasteiger partial charge >= 0.3 is 6.36 Å². The number of anilines is 1. The maximum atomic E-state index is 12.1. The summed E-state index contributed by atoms with van der Waals surface area (Å²) in [6.45, 7) is 1.70. The van der Waals surface area contributed by atoms with Crippen LogP contribution in [0.3, 0.4) is 0 Å². The van der Waals surface area contributed by atoms with Crippen molar-refractivity contribution in [2.24, 2.45) is 5.73 Å². The Morgan fingerprint density at radius 3 is 2.48 bits per heavy atom. The number of halogens is 4. The van der Waals surface area contributed by atoms with Gasteiger partial charge in [0.2, 0.25) is 0 Å². The third-order valence-corrected chi connectivity index (χ3v) is 4.28. The Balaban J connectivity index is 0.00000192. The van der Waals surface area contributed by atoms with Gasteiger partial charge in [0.15, 0.2) is 0 Å². The van der Waals surface area contributed by atoms with E-state index in [0.29, 0.717) is 18.7 Å². The molecule has 3 rings (SSSR count). The average molecular weight is 353 g/mol. The van der Waals surface area contributed by atoms with Gasteiger partial charge in [-0.05, 0) is 31.7 Å². The molecule has 0 spiro atoms. The molecule has 1 aromatic heterocycles. The van der Waals surface area contributed by atoms with Crippen molar-refractivity contribution < 1.29 is 17.9 Å². The van der Waals surface area contributed by atoms with Gasteiger partial charge in [0.05, 0.1) is 6.10 Å². The summed E-state index contributed by atoms with van der Waals surface area (Å²) in [5, 5.41) is 0. The van der Waals surface area contributed by atoms with Gasteiger partial charge in [0.1, 0.15) is 11.6 Å². The molecule has 1 aliphatic carbocycles. The summed E-state index contributed by atoms with van der Waals surface area (Å²) in [5.74, 6) is 1.38. The Bertz CT molecular complexity index is 517. The van der Waals surface area contributed by atoms with Crippen LogP contribution in [0.1, 0.15) is 37.4 Å². The maximum absolute atomic E-state index is 12.1. The van der Waals surface area contributed by atoms with Crippen molar-refractivity contribution in [3.05, 3.63) is 18.1 Å². The van der Waals surface area contributed by atoms with E-state index in [4.69, 9.17) is 5.73 Å². The lowest BCUT2D eigenvalue weighted by atomic mass is 9.81. The van der Waals surface area contributed by atoms with Crippen molar-refractivity contribution in [3.8, 4) is 0 Å². The second-order valence-electron chi connectivity index (χ2n) is 5.95. The fourth-order valence-corrected chi connectivity index (χ4v) is 2.93. The van der Waals surface area contributed by atoms with Crippen molar-refractivity contribution in [2.45, 2.75) is 50.1 Å². The molecule has 1 saturated heterocycles. The van der Waals surface area contributed by atoms with Crippen molar-refractivity contribution in [3.63, 3.8) is 0 Å². The van der Waals surface area contributed by atoms with Crippen LogP contribution in [0.5, 0.6) is 0 Å². The molecule has 9 heteroatoms. The highest BCUT2D eigenvalue weighted by Gasteiger charge is 2.41. The van der Waals surface area contributed by atoms with E-state index < -0.39 is 12.5 Å². The fraction of sp³-hybridized carbons (Fsp3) is 0.714. The largest absolute Gasteiger partial charge is 0.522 e. The third kappa shape index (κ3) is 4.68. The van der Waals surface area contributed by atoms with Crippen LogP contribution in [0.25, 0.3) is 0 Å². The van der Waals surface area contributed by atoms with Crippen molar-refractivity contribution in [2.75, 3.05) is 18.0 Å². The summed E-state index contributed by atoms with van der Waals surface area (Å²) >= 11 is 0. The van der Waals surface area contributed by atoms with Gasteiger partial charge in [-0.15, -0.1) is 25.6 Å². The molecule has 0 radical (unpaired) electrons. The normalized spacial score (nSPS) is 25.7. The van der Waals surface area contributed by atoms with Gasteiger partial charge in [-0.25, -0.2) is 9.97 Å². The monoisotopic (exact) mass is 352 g/mol. The summed E-state index contributed by atoms with van der Waals surface area (Å²) in [5.41, 5.74) is 5.88. The van der Waals surface area contributed by atoms with Gasteiger partial charge in [-0.2, -0.15) is 0 Å². The molecular weight excluding hydrogens is 333 g/mol. The van der Waals surface area contributed by atoms with Crippen LogP contribution in [0, 0.1) is 0 Å². The minimum Gasteiger partial charge on any atom is -0.356 e. The summed E-state index contributed by atoms with van der Waals surface area (Å²) in [4.78, 5) is 10.9. The average Bonchev–Trinajstić information content (AvgIpc) is 2.42. The Morgan fingerprint density at radius 1 is 1.22 bits per heavy atom. The molecule has 130 valence electrons. The zero-order chi connectivity index (χ0) is 15.7. The molecule has 1 aromatic rings. The molecule has 2 fully saturated rings. The predicted octanol–water partition coefficient (Wildman–Crippen LogP) is 2.61. The lowest BCUT2D eigenvalue weighted by Gasteiger charge is -2.35. The van der Waals surface area contributed by atoms with Gasteiger partial charge in [-0.3, -0.25) is 4.74 Å². The third-order valence-electron chi connectivity index (χ3n) is 4.28. The summed E-state index contributed by atoms with van der Waals surface area (Å²) in [7, 11) is 0. The second kappa shape index (κ2) is 7.19. The van der Waals surface area contributed by atoms with Crippen molar-refractivity contribution >= 4 is 18.2 Å². The molecule has 0 unspecified atom stereocenters. The highest BCUT2D eigenvalue weighted by atomic mass is 35.5. The minimum absolute atomic E-state index is 0. The Kier molecular flexibility index (Phi) is 5.70. The van der Waals surface area contributed by atoms with Crippen LogP contribution in [-0.4, -0.2) is 41.6 Å². The van der Waals surface area contributed by atoms with Crippen molar-refractivity contribution in [1.82, 2.24) is 9.97 Å². The number of ether oxygens (including phenoxy) is 1. The van der Waals surface area contributed by atoms with Crippen LogP contribution in [-0.2, 0) is 4.74 Å². The van der Waals surface area contributed by atoms with E-state index in [1.54, 1.807) is 6.20 Å². The van der Waals surface area contributed by atoms with Crippen LogP contribution in [0.15, 0.2) is 12.3 Å².